The van der Waals surface area contributed by atoms with Gasteiger partial charge in [-0.15, -0.1) is 0 Å². The number of ether oxygens (including phenoxy) is 1. The number of carboxylic acid groups (broad SMARTS) is 1. The molecule has 0 aliphatic heterocycles. The van der Waals surface area contributed by atoms with E-state index in [-0.39, 0.29) is 6.42 Å². The third-order valence-corrected chi connectivity index (χ3v) is 3.50. The second kappa shape index (κ2) is 5.21. The van der Waals surface area contributed by atoms with Crippen LogP contribution in [-0.2, 0) is 11.2 Å². The fourth-order valence-corrected chi connectivity index (χ4v) is 2.62. The van der Waals surface area contributed by atoms with Crippen molar-refractivity contribution in [2.24, 2.45) is 0 Å². The van der Waals surface area contributed by atoms with Crippen LogP contribution in [0.1, 0.15) is 42.7 Å². The number of benzene rings is 1. The summed E-state index contributed by atoms with van der Waals surface area (Å²) in [5, 5.41) is 8.75. The van der Waals surface area contributed by atoms with Gasteiger partial charge in [-0.1, -0.05) is 6.07 Å². The number of rotatable bonds is 4. The minimum absolute atomic E-state index is 0.260. The predicted molar refractivity (Wildman–Crippen MR) is 65.5 cm³/mol. The van der Waals surface area contributed by atoms with Crippen LogP contribution in [0.2, 0.25) is 0 Å². The summed E-state index contributed by atoms with van der Waals surface area (Å²) >= 11 is 0. The van der Waals surface area contributed by atoms with Gasteiger partial charge in [0.25, 0.3) is 0 Å². The molecule has 1 atom stereocenters. The topological polar surface area (TPSA) is 46.5 Å². The number of hydrogen-bond donors (Lipinski definition) is 1. The number of methoxy groups -OCH3 is 1. The Morgan fingerprint density at radius 3 is 3.06 bits per heavy atom. The highest BCUT2D eigenvalue weighted by Crippen LogP contribution is 2.36. The molecule has 0 radical (unpaired) electrons. The highest BCUT2D eigenvalue weighted by Gasteiger charge is 2.21. The highest BCUT2D eigenvalue weighted by atomic mass is 16.5. The predicted octanol–water partition coefficient (Wildman–Crippen LogP) is 2.98. The zero-order valence-corrected chi connectivity index (χ0v) is 10.1. The van der Waals surface area contributed by atoms with Gasteiger partial charge in [0.15, 0.2) is 0 Å². The summed E-state index contributed by atoms with van der Waals surface area (Å²) in [5.41, 5.74) is 2.64. The third kappa shape index (κ3) is 2.78. The summed E-state index contributed by atoms with van der Waals surface area (Å²) in [6.45, 7) is 0. The molecule has 0 bridgehead atoms. The maximum Gasteiger partial charge on any atom is 0.303 e. The van der Waals surface area contributed by atoms with Crippen molar-refractivity contribution in [2.45, 2.75) is 38.0 Å². The Kier molecular flexibility index (Phi) is 3.67. The average Bonchev–Trinajstić information content (AvgIpc) is 2.35. The van der Waals surface area contributed by atoms with E-state index in [2.05, 4.69) is 12.1 Å². The second-order valence-corrected chi connectivity index (χ2v) is 4.59. The van der Waals surface area contributed by atoms with E-state index < -0.39 is 5.97 Å². The molecule has 2 rings (SSSR count). The lowest BCUT2D eigenvalue weighted by Gasteiger charge is -2.25. The van der Waals surface area contributed by atoms with E-state index in [1.54, 1.807) is 7.11 Å². The molecule has 1 N–H and O–H groups in total. The van der Waals surface area contributed by atoms with Crippen molar-refractivity contribution < 1.29 is 14.6 Å². The molecule has 0 amide bonds. The molecule has 0 spiro atoms. The number of carbonyl (C=O) groups is 1. The molecule has 0 saturated heterocycles. The number of carboxylic acids is 1. The van der Waals surface area contributed by atoms with Gasteiger partial charge in [-0.25, -0.2) is 0 Å². The molecule has 0 heterocycles. The van der Waals surface area contributed by atoms with Crippen molar-refractivity contribution in [1.82, 2.24) is 0 Å². The van der Waals surface area contributed by atoms with Crippen LogP contribution < -0.4 is 4.74 Å². The van der Waals surface area contributed by atoms with Gasteiger partial charge in [-0.2, -0.15) is 0 Å². The van der Waals surface area contributed by atoms with Gasteiger partial charge < -0.3 is 9.84 Å². The van der Waals surface area contributed by atoms with E-state index in [0.29, 0.717) is 5.92 Å². The van der Waals surface area contributed by atoms with Gasteiger partial charge >= 0.3 is 5.97 Å². The van der Waals surface area contributed by atoms with Crippen molar-refractivity contribution in [1.29, 1.82) is 0 Å². The van der Waals surface area contributed by atoms with Crippen LogP contribution >= 0.6 is 0 Å². The smallest absolute Gasteiger partial charge is 0.303 e. The van der Waals surface area contributed by atoms with Crippen molar-refractivity contribution in [3.8, 4) is 5.75 Å². The molecule has 0 saturated carbocycles. The summed E-state index contributed by atoms with van der Waals surface area (Å²) < 4.78 is 5.22. The lowest BCUT2D eigenvalue weighted by Crippen LogP contribution is -2.11. The molecule has 17 heavy (non-hydrogen) atoms. The normalized spacial score (nSPS) is 18.5. The van der Waals surface area contributed by atoms with Crippen molar-refractivity contribution in [3.05, 3.63) is 29.3 Å². The van der Waals surface area contributed by atoms with Crippen LogP contribution in [0.3, 0.4) is 0 Å². The fourth-order valence-electron chi connectivity index (χ4n) is 2.62. The second-order valence-electron chi connectivity index (χ2n) is 4.59. The van der Waals surface area contributed by atoms with E-state index in [1.165, 1.54) is 11.1 Å². The number of fused-ring (bicyclic) bond motifs is 1. The molecule has 1 unspecified atom stereocenters. The largest absolute Gasteiger partial charge is 0.497 e. The van der Waals surface area contributed by atoms with E-state index in [9.17, 15) is 4.79 Å². The Bertz CT molecular complexity index is 412. The van der Waals surface area contributed by atoms with E-state index in [1.807, 2.05) is 6.07 Å². The van der Waals surface area contributed by atoms with Gasteiger partial charge in [-0.3, -0.25) is 4.79 Å². The molecule has 1 aromatic rings. The molecular weight excluding hydrogens is 216 g/mol. The molecule has 1 aliphatic carbocycles. The number of aliphatic carboxylic acids is 1. The lowest BCUT2D eigenvalue weighted by molar-refractivity contribution is -0.137. The summed E-state index contributed by atoms with van der Waals surface area (Å²) in [6, 6.07) is 6.15. The standard InChI is InChI=1S/C14H18O3/c1-17-12-6-7-13-10(5-8-14(15)16)3-2-4-11(13)9-12/h6-7,9-10H,2-5,8H2,1H3,(H,15,16). The zero-order chi connectivity index (χ0) is 12.3. The Morgan fingerprint density at radius 1 is 1.53 bits per heavy atom. The maximum absolute atomic E-state index is 10.6. The lowest BCUT2D eigenvalue weighted by atomic mass is 9.80. The molecule has 1 aromatic carbocycles. The SMILES string of the molecule is COc1ccc2c(c1)CCCC2CCC(=O)O. The molecular formula is C14H18O3. The fraction of sp³-hybridized carbons (Fsp3) is 0.500. The first-order chi connectivity index (χ1) is 8.20. The van der Waals surface area contributed by atoms with Crippen LogP contribution in [-0.4, -0.2) is 18.2 Å². The Balaban J connectivity index is 2.16. The summed E-state index contributed by atoms with van der Waals surface area (Å²) in [7, 11) is 1.67. The van der Waals surface area contributed by atoms with Gasteiger partial charge in [0.2, 0.25) is 0 Å². The summed E-state index contributed by atoms with van der Waals surface area (Å²) in [5.74, 6) is 0.592. The van der Waals surface area contributed by atoms with E-state index in [4.69, 9.17) is 9.84 Å². The van der Waals surface area contributed by atoms with Crippen LogP contribution in [0.4, 0.5) is 0 Å². The van der Waals surface area contributed by atoms with Gasteiger partial charge in [0.1, 0.15) is 5.75 Å². The first-order valence-electron chi connectivity index (χ1n) is 6.09. The maximum atomic E-state index is 10.6. The minimum Gasteiger partial charge on any atom is -0.497 e. The van der Waals surface area contributed by atoms with Crippen molar-refractivity contribution >= 4 is 5.97 Å². The third-order valence-electron chi connectivity index (χ3n) is 3.50. The Hall–Kier alpha value is -1.51. The van der Waals surface area contributed by atoms with Crippen LogP contribution in [0.5, 0.6) is 5.75 Å². The monoisotopic (exact) mass is 234 g/mol. The van der Waals surface area contributed by atoms with Crippen LogP contribution in [0.15, 0.2) is 18.2 Å². The summed E-state index contributed by atoms with van der Waals surface area (Å²) in [4.78, 5) is 10.6. The van der Waals surface area contributed by atoms with Crippen LogP contribution in [0, 0.1) is 0 Å². The Labute approximate surface area is 101 Å². The van der Waals surface area contributed by atoms with E-state index >= 15 is 0 Å². The van der Waals surface area contributed by atoms with E-state index in [0.717, 1.165) is 31.4 Å². The number of hydrogen-bond acceptors (Lipinski definition) is 2. The molecule has 0 fully saturated rings. The van der Waals surface area contributed by atoms with Gasteiger partial charge in [-0.05, 0) is 54.9 Å². The minimum atomic E-state index is -0.703. The molecule has 0 aromatic heterocycles. The highest BCUT2D eigenvalue weighted by molar-refractivity contribution is 5.66. The molecule has 3 nitrogen and oxygen atoms in total. The van der Waals surface area contributed by atoms with Crippen LogP contribution in [0.25, 0.3) is 0 Å². The van der Waals surface area contributed by atoms with Gasteiger partial charge in [0, 0.05) is 6.42 Å². The van der Waals surface area contributed by atoms with Gasteiger partial charge in [0.05, 0.1) is 7.11 Å². The first kappa shape index (κ1) is 12.0. The summed E-state index contributed by atoms with van der Waals surface area (Å²) in [6.07, 6.45) is 4.33. The first-order valence-corrected chi connectivity index (χ1v) is 6.09. The molecule has 3 heteroatoms. The Morgan fingerprint density at radius 2 is 2.35 bits per heavy atom. The average molecular weight is 234 g/mol. The quantitative estimate of drug-likeness (QED) is 0.871. The van der Waals surface area contributed by atoms with Crippen molar-refractivity contribution in [2.75, 3.05) is 7.11 Å². The molecule has 92 valence electrons. The zero-order valence-electron chi connectivity index (χ0n) is 10.1. The number of aryl methyl sites for hydroxylation is 1. The van der Waals surface area contributed by atoms with Crippen molar-refractivity contribution in [3.63, 3.8) is 0 Å². The molecule has 1 aliphatic rings.